The normalized spacial score (nSPS) is 12.4. The number of nitrogens with one attached hydrogen (secondary N) is 1. The highest BCUT2D eigenvalue weighted by atomic mass is 14.9. The number of aromatic nitrogens is 3. The molecule has 2 aromatic heterocycles. The Hall–Kier alpha value is -2.15. The predicted octanol–water partition coefficient (Wildman–Crippen LogP) is 3.04. The summed E-state index contributed by atoms with van der Waals surface area (Å²) in [7, 11) is 0. The van der Waals surface area contributed by atoms with Gasteiger partial charge < -0.3 is 4.98 Å². The van der Waals surface area contributed by atoms with Crippen molar-refractivity contribution >= 4 is 0 Å². The zero-order chi connectivity index (χ0) is 13.1. The van der Waals surface area contributed by atoms with E-state index in [9.17, 15) is 5.26 Å². The van der Waals surface area contributed by atoms with Crippen molar-refractivity contribution in [2.75, 3.05) is 0 Å². The Morgan fingerprint density at radius 3 is 2.67 bits per heavy atom. The summed E-state index contributed by atoms with van der Waals surface area (Å²) in [5, 5.41) is 9.22. The van der Waals surface area contributed by atoms with Gasteiger partial charge in [-0.05, 0) is 31.0 Å². The SMILES string of the molecule is Cc1cc(-c2ccc[nH]2)nc(C(C#N)C(C)C)n1. The summed E-state index contributed by atoms with van der Waals surface area (Å²) in [4.78, 5) is 12.0. The van der Waals surface area contributed by atoms with Gasteiger partial charge in [-0.3, -0.25) is 0 Å². The van der Waals surface area contributed by atoms with E-state index >= 15 is 0 Å². The van der Waals surface area contributed by atoms with E-state index in [1.807, 2.05) is 45.2 Å². The van der Waals surface area contributed by atoms with Crippen LogP contribution in [0.2, 0.25) is 0 Å². The van der Waals surface area contributed by atoms with Crippen molar-refractivity contribution in [3.8, 4) is 17.5 Å². The maximum Gasteiger partial charge on any atom is 0.146 e. The van der Waals surface area contributed by atoms with Crippen LogP contribution in [0.25, 0.3) is 11.4 Å². The van der Waals surface area contributed by atoms with Crippen LogP contribution in [0.1, 0.15) is 31.3 Å². The number of hydrogen-bond acceptors (Lipinski definition) is 3. The molecule has 0 saturated heterocycles. The fourth-order valence-electron chi connectivity index (χ4n) is 1.86. The number of nitrogens with zero attached hydrogens (tertiary/aromatic N) is 3. The quantitative estimate of drug-likeness (QED) is 0.896. The first-order valence-corrected chi connectivity index (χ1v) is 6.00. The van der Waals surface area contributed by atoms with Crippen molar-refractivity contribution in [2.24, 2.45) is 5.92 Å². The van der Waals surface area contributed by atoms with Crippen molar-refractivity contribution in [1.29, 1.82) is 5.26 Å². The summed E-state index contributed by atoms with van der Waals surface area (Å²) >= 11 is 0. The van der Waals surface area contributed by atoms with Crippen molar-refractivity contribution < 1.29 is 0 Å². The average molecular weight is 240 g/mol. The van der Waals surface area contributed by atoms with Gasteiger partial charge in [-0.25, -0.2) is 9.97 Å². The lowest BCUT2D eigenvalue weighted by Gasteiger charge is -2.13. The molecule has 1 unspecified atom stereocenters. The molecular formula is C14H16N4. The minimum atomic E-state index is -0.265. The molecule has 92 valence electrons. The summed E-state index contributed by atoms with van der Waals surface area (Å²) in [5.74, 6) is 0.545. The molecule has 0 aliphatic heterocycles. The lowest BCUT2D eigenvalue weighted by atomic mass is 9.96. The molecule has 2 aromatic rings. The maximum atomic E-state index is 9.22. The highest BCUT2D eigenvalue weighted by molar-refractivity contribution is 5.54. The molecule has 4 heteroatoms. The van der Waals surface area contributed by atoms with E-state index in [1.165, 1.54) is 0 Å². The molecule has 1 N–H and O–H groups in total. The van der Waals surface area contributed by atoms with Gasteiger partial charge in [0.2, 0.25) is 0 Å². The van der Waals surface area contributed by atoms with Gasteiger partial charge in [0, 0.05) is 11.9 Å². The Labute approximate surface area is 107 Å². The number of aryl methyl sites for hydroxylation is 1. The second-order valence-electron chi connectivity index (χ2n) is 4.69. The molecule has 2 rings (SSSR count). The van der Waals surface area contributed by atoms with Gasteiger partial charge in [0.15, 0.2) is 0 Å². The molecule has 0 aromatic carbocycles. The maximum absolute atomic E-state index is 9.22. The van der Waals surface area contributed by atoms with Gasteiger partial charge in [-0.2, -0.15) is 5.26 Å². The van der Waals surface area contributed by atoms with Gasteiger partial charge in [0.25, 0.3) is 0 Å². The molecular weight excluding hydrogens is 224 g/mol. The van der Waals surface area contributed by atoms with Crippen LogP contribution < -0.4 is 0 Å². The molecule has 1 atom stereocenters. The summed E-state index contributed by atoms with van der Waals surface area (Å²) in [6.07, 6.45) is 1.86. The molecule has 0 aliphatic carbocycles. The zero-order valence-electron chi connectivity index (χ0n) is 10.8. The van der Waals surface area contributed by atoms with Gasteiger partial charge in [0.05, 0.1) is 17.5 Å². The minimum absolute atomic E-state index is 0.202. The van der Waals surface area contributed by atoms with Crippen LogP contribution in [0, 0.1) is 24.2 Å². The average Bonchev–Trinajstić information content (AvgIpc) is 2.82. The van der Waals surface area contributed by atoms with Gasteiger partial charge in [-0.15, -0.1) is 0 Å². The molecule has 4 nitrogen and oxygen atoms in total. The number of aromatic amines is 1. The smallest absolute Gasteiger partial charge is 0.146 e. The van der Waals surface area contributed by atoms with Crippen LogP contribution in [0.4, 0.5) is 0 Å². The lowest BCUT2D eigenvalue weighted by Crippen LogP contribution is -2.10. The summed E-state index contributed by atoms with van der Waals surface area (Å²) in [5.41, 5.74) is 2.66. The summed E-state index contributed by atoms with van der Waals surface area (Å²) in [6, 6.07) is 8.09. The number of H-pyrrole nitrogens is 1. The lowest BCUT2D eigenvalue weighted by molar-refractivity contribution is 0.560. The monoisotopic (exact) mass is 240 g/mol. The molecule has 2 heterocycles. The van der Waals surface area contributed by atoms with Crippen LogP contribution in [0.5, 0.6) is 0 Å². The Morgan fingerprint density at radius 2 is 2.11 bits per heavy atom. The summed E-state index contributed by atoms with van der Waals surface area (Å²) in [6.45, 7) is 5.94. The third-order valence-corrected chi connectivity index (χ3v) is 2.83. The molecule has 0 spiro atoms. The van der Waals surface area contributed by atoms with E-state index in [0.717, 1.165) is 17.1 Å². The molecule has 0 aliphatic rings. The molecule has 0 bridgehead atoms. The number of hydrogen-bond donors (Lipinski definition) is 1. The third-order valence-electron chi connectivity index (χ3n) is 2.83. The predicted molar refractivity (Wildman–Crippen MR) is 69.7 cm³/mol. The highest BCUT2D eigenvalue weighted by Crippen LogP contribution is 2.23. The van der Waals surface area contributed by atoms with E-state index in [-0.39, 0.29) is 11.8 Å². The van der Waals surface area contributed by atoms with E-state index in [0.29, 0.717) is 5.82 Å². The molecule has 0 fully saturated rings. The standard InChI is InChI=1S/C14H16N4/c1-9(2)11(8-15)14-17-10(3)7-13(18-14)12-5-4-6-16-12/h4-7,9,11,16H,1-3H3. The van der Waals surface area contributed by atoms with Gasteiger partial charge in [-0.1, -0.05) is 13.8 Å². The topological polar surface area (TPSA) is 65.4 Å². The van der Waals surface area contributed by atoms with E-state index < -0.39 is 0 Å². The molecule has 0 amide bonds. The Bertz CT molecular complexity index is 564. The van der Waals surface area contributed by atoms with E-state index in [2.05, 4.69) is 21.0 Å². The Balaban J connectivity index is 2.48. The molecule has 18 heavy (non-hydrogen) atoms. The van der Waals surface area contributed by atoms with Crippen LogP contribution in [0.15, 0.2) is 24.4 Å². The molecule has 0 radical (unpaired) electrons. The zero-order valence-corrected chi connectivity index (χ0v) is 10.8. The Morgan fingerprint density at radius 1 is 1.33 bits per heavy atom. The number of rotatable bonds is 3. The van der Waals surface area contributed by atoms with Crippen LogP contribution in [-0.2, 0) is 0 Å². The van der Waals surface area contributed by atoms with E-state index in [4.69, 9.17) is 0 Å². The minimum Gasteiger partial charge on any atom is -0.360 e. The highest BCUT2D eigenvalue weighted by Gasteiger charge is 2.19. The summed E-state index contributed by atoms with van der Waals surface area (Å²) < 4.78 is 0. The third kappa shape index (κ3) is 2.40. The fraction of sp³-hybridized carbons (Fsp3) is 0.357. The molecule has 0 saturated carbocycles. The second kappa shape index (κ2) is 5.01. The first kappa shape index (κ1) is 12.3. The van der Waals surface area contributed by atoms with Crippen LogP contribution >= 0.6 is 0 Å². The first-order valence-electron chi connectivity index (χ1n) is 6.00. The van der Waals surface area contributed by atoms with Crippen LogP contribution in [-0.4, -0.2) is 15.0 Å². The van der Waals surface area contributed by atoms with Crippen molar-refractivity contribution in [2.45, 2.75) is 26.7 Å². The first-order chi connectivity index (χ1) is 8.61. The van der Waals surface area contributed by atoms with E-state index in [1.54, 1.807) is 0 Å². The van der Waals surface area contributed by atoms with Crippen molar-refractivity contribution in [3.05, 3.63) is 35.9 Å². The largest absolute Gasteiger partial charge is 0.360 e. The van der Waals surface area contributed by atoms with Crippen molar-refractivity contribution in [1.82, 2.24) is 15.0 Å². The van der Waals surface area contributed by atoms with Crippen LogP contribution in [0.3, 0.4) is 0 Å². The second-order valence-corrected chi connectivity index (χ2v) is 4.69. The van der Waals surface area contributed by atoms with Crippen molar-refractivity contribution in [3.63, 3.8) is 0 Å². The van der Waals surface area contributed by atoms with Gasteiger partial charge >= 0.3 is 0 Å². The number of nitriles is 1. The Kier molecular flexibility index (Phi) is 3.42. The van der Waals surface area contributed by atoms with Gasteiger partial charge in [0.1, 0.15) is 11.7 Å². The fourth-order valence-corrected chi connectivity index (χ4v) is 1.86.